The molecule has 1 aliphatic carbocycles. The molecule has 2 unspecified atom stereocenters. The topological polar surface area (TPSA) is 38.0 Å². The van der Waals surface area contributed by atoms with E-state index in [-0.39, 0.29) is 6.04 Å². The molecule has 2 nitrogen and oxygen atoms in total. The van der Waals surface area contributed by atoms with Crippen LogP contribution in [0.15, 0.2) is 12.1 Å². The molecule has 17 heavy (non-hydrogen) atoms. The molecular formula is C13H21ClN2S. The first-order chi connectivity index (χ1) is 8.00. The number of hydrogen-bond donors (Lipinski definition) is 2. The molecular weight excluding hydrogens is 252 g/mol. The van der Waals surface area contributed by atoms with Gasteiger partial charge >= 0.3 is 0 Å². The zero-order valence-electron chi connectivity index (χ0n) is 10.5. The van der Waals surface area contributed by atoms with Gasteiger partial charge in [-0.3, -0.25) is 0 Å². The Kier molecular flexibility index (Phi) is 4.14. The van der Waals surface area contributed by atoms with Crippen molar-refractivity contribution >= 4 is 22.9 Å². The molecule has 96 valence electrons. The minimum absolute atomic E-state index is 0.256. The third kappa shape index (κ3) is 3.44. The predicted octanol–water partition coefficient (Wildman–Crippen LogP) is 3.57. The second kappa shape index (κ2) is 5.27. The summed E-state index contributed by atoms with van der Waals surface area (Å²) in [6.07, 6.45) is 3.79. The van der Waals surface area contributed by atoms with Crippen molar-refractivity contribution in [3.8, 4) is 0 Å². The van der Waals surface area contributed by atoms with Gasteiger partial charge < -0.3 is 11.1 Å². The summed E-state index contributed by atoms with van der Waals surface area (Å²) in [6, 6.07) is 4.88. The van der Waals surface area contributed by atoms with Gasteiger partial charge in [-0.2, -0.15) is 0 Å². The Morgan fingerprint density at radius 1 is 1.59 bits per heavy atom. The Hall–Kier alpha value is -0.0900. The van der Waals surface area contributed by atoms with Crippen molar-refractivity contribution in [1.29, 1.82) is 0 Å². The summed E-state index contributed by atoms with van der Waals surface area (Å²) in [6.45, 7) is 5.32. The average molecular weight is 273 g/mol. The number of hydrogen-bond acceptors (Lipinski definition) is 3. The van der Waals surface area contributed by atoms with Crippen molar-refractivity contribution in [1.82, 2.24) is 5.32 Å². The third-order valence-electron chi connectivity index (χ3n) is 3.58. The van der Waals surface area contributed by atoms with Crippen molar-refractivity contribution < 1.29 is 0 Å². The number of rotatable bonds is 4. The van der Waals surface area contributed by atoms with E-state index < -0.39 is 0 Å². The number of nitrogens with one attached hydrogen (secondary N) is 1. The Morgan fingerprint density at radius 3 is 2.82 bits per heavy atom. The van der Waals surface area contributed by atoms with Gasteiger partial charge in [0.05, 0.1) is 10.4 Å². The lowest BCUT2D eigenvalue weighted by atomic mass is 9.92. The average Bonchev–Trinajstić information content (AvgIpc) is 2.81. The summed E-state index contributed by atoms with van der Waals surface area (Å²) in [4.78, 5) is 1.25. The van der Waals surface area contributed by atoms with Crippen molar-refractivity contribution in [2.45, 2.75) is 45.2 Å². The van der Waals surface area contributed by atoms with E-state index >= 15 is 0 Å². The summed E-state index contributed by atoms with van der Waals surface area (Å²) < 4.78 is 0.840. The van der Waals surface area contributed by atoms with Gasteiger partial charge in [0, 0.05) is 17.5 Å². The van der Waals surface area contributed by atoms with Crippen LogP contribution in [0.1, 0.15) is 44.0 Å². The van der Waals surface area contributed by atoms with E-state index in [0.29, 0.717) is 18.0 Å². The molecule has 3 N–H and O–H groups in total. The quantitative estimate of drug-likeness (QED) is 0.879. The highest BCUT2D eigenvalue weighted by Gasteiger charge is 2.32. The van der Waals surface area contributed by atoms with E-state index in [9.17, 15) is 0 Å². The fourth-order valence-corrected chi connectivity index (χ4v) is 3.78. The van der Waals surface area contributed by atoms with Gasteiger partial charge in [0.25, 0.3) is 0 Å². The molecule has 4 heteroatoms. The maximum Gasteiger partial charge on any atom is 0.0931 e. The van der Waals surface area contributed by atoms with Crippen molar-refractivity contribution in [2.75, 3.05) is 6.54 Å². The van der Waals surface area contributed by atoms with Crippen LogP contribution in [0.4, 0.5) is 0 Å². The minimum Gasteiger partial charge on any atom is -0.329 e. The minimum atomic E-state index is 0.256. The molecule has 0 aliphatic heterocycles. The molecule has 0 saturated heterocycles. The summed E-state index contributed by atoms with van der Waals surface area (Å²) in [5.74, 6) is 0. The van der Waals surface area contributed by atoms with Crippen LogP contribution in [-0.2, 0) is 0 Å². The van der Waals surface area contributed by atoms with E-state index in [2.05, 4.69) is 25.2 Å². The van der Waals surface area contributed by atoms with Crippen LogP contribution in [0.25, 0.3) is 0 Å². The van der Waals surface area contributed by atoms with Crippen LogP contribution < -0.4 is 11.1 Å². The van der Waals surface area contributed by atoms with Gasteiger partial charge in [0.2, 0.25) is 0 Å². The molecule has 2 atom stereocenters. The van der Waals surface area contributed by atoms with Gasteiger partial charge in [-0.1, -0.05) is 25.4 Å². The highest BCUT2D eigenvalue weighted by molar-refractivity contribution is 7.16. The number of nitrogens with two attached hydrogens (primary N) is 1. The normalized spacial score (nSPS) is 25.1. The lowest BCUT2D eigenvalue weighted by Crippen LogP contribution is -2.35. The highest BCUT2D eigenvalue weighted by atomic mass is 35.5. The zero-order valence-corrected chi connectivity index (χ0v) is 12.1. The molecule has 1 saturated carbocycles. The molecule has 0 spiro atoms. The van der Waals surface area contributed by atoms with Gasteiger partial charge in [0.1, 0.15) is 0 Å². The fourth-order valence-electron chi connectivity index (χ4n) is 2.64. The molecule has 1 aromatic rings. The second-order valence-electron chi connectivity index (χ2n) is 5.70. The van der Waals surface area contributed by atoms with Crippen molar-refractivity contribution in [2.24, 2.45) is 11.1 Å². The van der Waals surface area contributed by atoms with Crippen LogP contribution >= 0.6 is 22.9 Å². The van der Waals surface area contributed by atoms with Crippen LogP contribution in [0, 0.1) is 5.41 Å². The second-order valence-corrected chi connectivity index (χ2v) is 7.45. The monoisotopic (exact) mass is 272 g/mol. The maximum absolute atomic E-state index is 5.97. The molecule has 1 fully saturated rings. The summed E-state index contributed by atoms with van der Waals surface area (Å²) in [5.41, 5.74) is 6.34. The predicted molar refractivity (Wildman–Crippen MR) is 75.7 cm³/mol. The Bertz CT molecular complexity index is 375. The molecule has 0 aromatic carbocycles. The number of thiophene rings is 1. The van der Waals surface area contributed by atoms with E-state index in [1.165, 1.54) is 24.1 Å². The van der Waals surface area contributed by atoms with E-state index in [1.807, 2.05) is 6.07 Å². The molecule has 1 aromatic heterocycles. The summed E-state index contributed by atoms with van der Waals surface area (Å²) in [7, 11) is 0. The Labute approximate surface area is 113 Å². The lowest BCUT2D eigenvalue weighted by Gasteiger charge is -2.22. The van der Waals surface area contributed by atoms with Crippen LogP contribution in [0.5, 0.6) is 0 Å². The number of halogens is 1. The molecule has 1 aliphatic rings. The largest absolute Gasteiger partial charge is 0.329 e. The maximum atomic E-state index is 5.97. The van der Waals surface area contributed by atoms with Gasteiger partial charge in [-0.25, -0.2) is 0 Å². The van der Waals surface area contributed by atoms with Gasteiger partial charge in [-0.15, -0.1) is 11.3 Å². The Balaban J connectivity index is 1.97. The Morgan fingerprint density at radius 2 is 2.35 bits per heavy atom. The van der Waals surface area contributed by atoms with E-state index in [0.717, 1.165) is 4.34 Å². The van der Waals surface area contributed by atoms with Crippen molar-refractivity contribution in [3.05, 3.63) is 21.3 Å². The van der Waals surface area contributed by atoms with Crippen LogP contribution in [0.3, 0.4) is 0 Å². The molecule has 0 radical (unpaired) electrons. The molecule has 0 bridgehead atoms. The van der Waals surface area contributed by atoms with E-state index in [4.69, 9.17) is 17.3 Å². The summed E-state index contributed by atoms with van der Waals surface area (Å²) in [5, 5.41) is 3.68. The first-order valence-electron chi connectivity index (χ1n) is 6.21. The standard InChI is InChI=1S/C13H21ClN2S/c1-13(2)6-5-9(7-13)16-10(8-15)11-3-4-12(14)17-11/h3-4,9-10,16H,5-8,15H2,1-2H3. The molecule has 2 rings (SSSR count). The lowest BCUT2D eigenvalue weighted by molar-refractivity contribution is 0.354. The van der Waals surface area contributed by atoms with Crippen LogP contribution in [0.2, 0.25) is 4.34 Å². The fraction of sp³-hybridized carbons (Fsp3) is 0.692. The molecule has 0 amide bonds. The van der Waals surface area contributed by atoms with Gasteiger partial charge in [-0.05, 0) is 36.8 Å². The van der Waals surface area contributed by atoms with E-state index in [1.54, 1.807) is 11.3 Å². The SMILES string of the molecule is CC1(C)CCC(NC(CN)c2ccc(Cl)s2)C1. The first-order valence-corrected chi connectivity index (χ1v) is 7.41. The first kappa shape index (κ1) is 13.3. The van der Waals surface area contributed by atoms with Crippen LogP contribution in [-0.4, -0.2) is 12.6 Å². The van der Waals surface area contributed by atoms with Crippen molar-refractivity contribution in [3.63, 3.8) is 0 Å². The molecule has 1 heterocycles. The smallest absolute Gasteiger partial charge is 0.0931 e. The summed E-state index contributed by atoms with van der Waals surface area (Å²) >= 11 is 7.60. The zero-order chi connectivity index (χ0) is 12.5. The highest BCUT2D eigenvalue weighted by Crippen LogP contribution is 2.38. The van der Waals surface area contributed by atoms with Gasteiger partial charge in [0.15, 0.2) is 0 Å². The third-order valence-corrected chi connectivity index (χ3v) is 4.92.